The highest BCUT2D eigenvalue weighted by Gasteiger charge is 2.30. The van der Waals surface area contributed by atoms with Crippen LogP contribution in [0, 0.1) is 11.8 Å². The van der Waals surface area contributed by atoms with Gasteiger partial charge in [-0.25, -0.2) is 0 Å². The fourth-order valence-corrected chi connectivity index (χ4v) is 2.41. The Bertz CT molecular complexity index is 363. The minimum absolute atomic E-state index is 0.328. The molecule has 0 heterocycles. The molecule has 0 saturated heterocycles. The first kappa shape index (κ1) is 11.7. The molecule has 1 fully saturated rings. The molecule has 0 atom stereocenters. The summed E-state index contributed by atoms with van der Waals surface area (Å²) in [5.74, 6) is 2.50. The Kier molecular flexibility index (Phi) is 3.70. The summed E-state index contributed by atoms with van der Waals surface area (Å²) in [6.45, 7) is 4.44. The summed E-state index contributed by atoms with van der Waals surface area (Å²) in [5, 5.41) is 0. The number of carbonyl (C=O) groups is 1. The standard InChI is InChI=1S/C14H18OS/c1-10(2)9-16-13-7-5-12(6-8-13)14(15)11-3-4-11/h5-8,10-11H,3-4,9H2,1-2H3. The number of hydrogen-bond donors (Lipinski definition) is 0. The van der Waals surface area contributed by atoms with Crippen LogP contribution in [0.2, 0.25) is 0 Å². The molecule has 0 aliphatic heterocycles. The van der Waals surface area contributed by atoms with E-state index in [4.69, 9.17) is 0 Å². The second-order valence-corrected chi connectivity index (χ2v) is 5.96. The Balaban J connectivity index is 1.95. The number of rotatable bonds is 5. The minimum Gasteiger partial charge on any atom is -0.294 e. The van der Waals surface area contributed by atoms with E-state index < -0.39 is 0 Å². The molecule has 0 N–H and O–H groups in total. The Hall–Kier alpha value is -0.760. The van der Waals surface area contributed by atoms with Crippen molar-refractivity contribution >= 4 is 17.5 Å². The molecule has 0 aromatic heterocycles. The van der Waals surface area contributed by atoms with E-state index in [0.29, 0.717) is 17.6 Å². The quantitative estimate of drug-likeness (QED) is 0.565. The maximum Gasteiger partial charge on any atom is 0.165 e. The van der Waals surface area contributed by atoms with Crippen molar-refractivity contribution in [3.8, 4) is 0 Å². The SMILES string of the molecule is CC(C)CSc1ccc(C(=O)C2CC2)cc1. The van der Waals surface area contributed by atoms with Crippen molar-refractivity contribution in [3.05, 3.63) is 29.8 Å². The molecule has 86 valence electrons. The van der Waals surface area contributed by atoms with Crippen LogP contribution in [0.15, 0.2) is 29.2 Å². The fourth-order valence-electron chi connectivity index (χ4n) is 1.56. The maximum atomic E-state index is 11.8. The van der Waals surface area contributed by atoms with E-state index in [-0.39, 0.29) is 0 Å². The van der Waals surface area contributed by atoms with Crippen molar-refractivity contribution in [1.82, 2.24) is 0 Å². The molecule has 1 aromatic rings. The van der Waals surface area contributed by atoms with E-state index in [9.17, 15) is 4.79 Å². The average molecular weight is 234 g/mol. The van der Waals surface area contributed by atoms with E-state index in [1.54, 1.807) is 0 Å². The van der Waals surface area contributed by atoms with E-state index in [1.165, 1.54) is 4.90 Å². The molecular weight excluding hydrogens is 216 g/mol. The molecule has 1 aliphatic rings. The number of hydrogen-bond acceptors (Lipinski definition) is 2. The lowest BCUT2D eigenvalue weighted by Gasteiger charge is -2.05. The van der Waals surface area contributed by atoms with E-state index in [1.807, 2.05) is 23.9 Å². The third kappa shape index (κ3) is 3.11. The van der Waals surface area contributed by atoms with Crippen molar-refractivity contribution in [2.45, 2.75) is 31.6 Å². The molecule has 1 aromatic carbocycles. The van der Waals surface area contributed by atoms with Crippen LogP contribution < -0.4 is 0 Å². The normalized spacial score (nSPS) is 15.4. The molecule has 0 bridgehead atoms. The van der Waals surface area contributed by atoms with Crippen LogP contribution in [0.5, 0.6) is 0 Å². The Morgan fingerprint density at radius 1 is 1.31 bits per heavy atom. The van der Waals surface area contributed by atoms with Crippen molar-refractivity contribution in [3.63, 3.8) is 0 Å². The van der Waals surface area contributed by atoms with Crippen LogP contribution in [0.1, 0.15) is 37.0 Å². The summed E-state index contributed by atoms with van der Waals surface area (Å²) in [6.07, 6.45) is 2.17. The van der Waals surface area contributed by atoms with Crippen LogP contribution >= 0.6 is 11.8 Å². The average Bonchev–Trinajstić information content (AvgIpc) is 3.10. The van der Waals surface area contributed by atoms with Gasteiger partial charge >= 0.3 is 0 Å². The Labute approximate surface area is 102 Å². The van der Waals surface area contributed by atoms with Crippen LogP contribution in [-0.4, -0.2) is 11.5 Å². The molecule has 0 amide bonds. The lowest BCUT2D eigenvalue weighted by Crippen LogP contribution is -2.00. The Morgan fingerprint density at radius 2 is 1.94 bits per heavy atom. The first-order chi connectivity index (χ1) is 7.66. The topological polar surface area (TPSA) is 17.1 Å². The summed E-state index contributed by atoms with van der Waals surface area (Å²) >= 11 is 1.86. The van der Waals surface area contributed by atoms with Gasteiger partial charge in [-0.05, 0) is 30.9 Å². The molecule has 2 heteroatoms. The van der Waals surface area contributed by atoms with E-state index in [0.717, 1.165) is 24.2 Å². The first-order valence-electron chi connectivity index (χ1n) is 5.94. The van der Waals surface area contributed by atoms with Gasteiger partial charge in [0.15, 0.2) is 5.78 Å². The number of benzene rings is 1. The van der Waals surface area contributed by atoms with Gasteiger partial charge in [0.25, 0.3) is 0 Å². The largest absolute Gasteiger partial charge is 0.294 e. The van der Waals surface area contributed by atoms with Gasteiger partial charge in [0.2, 0.25) is 0 Å². The molecule has 2 rings (SSSR count). The maximum absolute atomic E-state index is 11.8. The summed E-state index contributed by atoms with van der Waals surface area (Å²) in [4.78, 5) is 13.0. The molecule has 1 aliphatic carbocycles. The zero-order valence-corrected chi connectivity index (χ0v) is 10.7. The van der Waals surface area contributed by atoms with Gasteiger partial charge in [0, 0.05) is 22.1 Å². The second kappa shape index (κ2) is 5.05. The lowest BCUT2D eigenvalue weighted by molar-refractivity contribution is 0.0967. The predicted octanol–water partition coefficient (Wildman–Crippen LogP) is 4.03. The molecule has 0 unspecified atom stereocenters. The van der Waals surface area contributed by atoms with Gasteiger partial charge in [-0.3, -0.25) is 4.79 Å². The zero-order chi connectivity index (χ0) is 11.5. The summed E-state index contributed by atoms with van der Waals surface area (Å²) in [7, 11) is 0. The molecule has 16 heavy (non-hydrogen) atoms. The van der Waals surface area contributed by atoms with Gasteiger partial charge in [0.05, 0.1) is 0 Å². The van der Waals surface area contributed by atoms with Gasteiger partial charge in [0.1, 0.15) is 0 Å². The molecule has 1 nitrogen and oxygen atoms in total. The highest BCUT2D eigenvalue weighted by atomic mass is 32.2. The third-order valence-electron chi connectivity index (χ3n) is 2.67. The van der Waals surface area contributed by atoms with E-state index >= 15 is 0 Å². The van der Waals surface area contributed by atoms with Gasteiger partial charge in [-0.2, -0.15) is 0 Å². The van der Waals surface area contributed by atoms with Crippen molar-refractivity contribution in [1.29, 1.82) is 0 Å². The van der Waals surface area contributed by atoms with E-state index in [2.05, 4.69) is 26.0 Å². The summed E-state index contributed by atoms with van der Waals surface area (Å²) < 4.78 is 0. The molecule has 0 spiro atoms. The number of ketones is 1. The lowest BCUT2D eigenvalue weighted by atomic mass is 10.1. The highest BCUT2D eigenvalue weighted by molar-refractivity contribution is 7.99. The van der Waals surface area contributed by atoms with Crippen LogP contribution in [0.4, 0.5) is 0 Å². The molecule has 0 radical (unpaired) electrons. The van der Waals surface area contributed by atoms with Gasteiger partial charge in [-0.1, -0.05) is 26.0 Å². The first-order valence-corrected chi connectivity index (χ1v) is 6.92. The number of thioether (sulfide) groups is 1. The number of carbonyl (C=O) groups excluding carboxylic acids is 1. The van der Waals surface area contributed by atoms with Gasteiger partial charge in [-0.15, -0.1) is 11.8 Å². The molecular formula is C14H18OS. The van der Waals surface area contributed by atoms with Crippen molar-refractivity contribution in [2.24, 2.45) is 11.8 Å². The van der Waals surface area contributed by atoms with Crippen LogP contribution in [0.3, 0.4) is 0 Å². The van der Waals surface area contributed by atoms with Gasteiger partial charge < -0.3 is 0 Å². The summed E-state index contributed by atoms with van der Waals surface area (Å²) in [6, 6.07) is 8.10. The smallest absolute Gasteiger partial charge is 0.165 e. The highest BCUT2D eigenvalue weighted by Crippen LogP contribution is 2.33. The van der Waals surface area contributed by atoms with Crippen LogP contribution in [0.25, 0.3) is 0 Å². The monoisotopic (exact) mass is 234 g/mol. The summed E-state index contributed by atoms with van der Waals surface area (Å²) in [5.41, 5.74) is 0.886. The second-order valence-electron chi connectivity index (χ2n) is 4.87. The Morgan fingerprint density at radius 3 is 2.44 bits per heavy atom. The third-order valence-corrected chi connectivity index (χ3v) is 4.11. The zero-order valence-electron chi connectivity index (χ0n) is 9.90. The van der Waals surface area contributed by atoms with Crippen molar-refractivity contribution in [2.75, 3.05) is 5.75 Å². The fraction of sp³-hybridized carbons (Fsp3) is 0.500. The predicted molar refractivity (Wildman–Crippen MR) is 69.1 cm³/mol. The van der Waals surface area contributed by atoms with Crippen molar-refractivity contribution < 1.29 is 4.79 Å². The number of Topliss-reactive ketones (excluding diaryl/α,β-unsaturated/α-hetero) is 1. The molecule has 1 saturated carbocycles. The minimum atomic E-state index is 0.328. The van der Waals surface area contributed by atoms with Crippen LogP contribution in [-0.2, 0) is 0 Å².